The first-order valence-electron chi connectivity index (χ1n) is 6.30. The van der Waals surface area contributed by atoms with Gasteiger partial charge in [-0.1, -0.05) is 29.3 Å². The van der Waals surface area contributed by atoms with E-state index in [9.17, 15) is 9.59 Å². The van der Waals surface area contributed by atoms with E-state index in [1.807, 2.05) is 25.1 Å². The summed E-state index contributed by atoms with van der Waals surface area (Å²) in [4.78, 5) is 23.7. The van der Waals surface area contributed by atoms with Crippen LogP contribution in [0.15, 0.2) is 22.7 Å². The van der Waals surface area contributed by atoms with Gasteiger partial charge in [-0.25, -0.2) is 0 Å². The van der Waals surface area contributed by atoms with E-state index in [4.69, 9.17) is 4.74 Å². The monoisotopic (exact) mass is 325 g/mol. The Kier molecular flexibility index (Phi) is 3.94. The molecule has 1 aliphatic heterocycles. The molecule has 0 bridgehead atoms. The normalized spacial score (nSPS) is 20.9. The molecule has 0 aromatic heterocycles. The van der Waals surface area contributed by atoms with Gasteiger partial charge in [0, 0.05) is 29.1 Å². The number of rotatable bonds is 4. The molecule has 1 atom stereocenters. The van der Waals surface area contributed by atoms with Crippen molar-refractivity contribution < 1.29 is 14.3 Å². The third-order valence-corrected chi connectivity index (χ3v) is 3.73. The molecule has 1 aliphatic rings. The number of esters is 1. The highest BCUT2D eigenvalue weighted by Gasteiger charge is 2.49. The molecule has 5 heteroatoms. The summed E-state index contributed by atoms with van der Waals surface area (Å²) in [6.07, 6.45) is 2.24. The van der Waals surface area contributed by atoms with Gasteiger partial charge in [0.1, 0.15) is 0 Å². The van der Waals surface area contributed by atoms with Crippen LogP contribution < -0.4 is 5.32 Å². The summed E-state index contributed by atoms with van der Waals surface area (Å²) in [7, 11) is 0. The first-order chi connectivity index (χ1) is 8.99. The maximum Gasteiger partial charge on any atom is 0.304 e. The minimum Gasteiger partial charge on any atom is -0.444 e. The van der Waals surface area contributed by atoms with Gasteiger partial charge < -0.3 is 10.1 Å². The summed E-state index contributed by atoms with van der Waals surface area (Å²) < 4.78 is 6.28. The zero-order valence-corrected chi connectivity index (χ0v) is 12.5. The van der Waals surface area contributed by atoms with Crippen LogP contribution in [0.25, 0.3) is 0 Å². The van der Waals surface area contributed by atoms with E-state index >= 15 is 0 Å². The fraction of sp³-hybridized carbons (Fsp3) is 0.429. The van der Waals surface area contributed by atoms with E-state index in [-0.39, 0.29) is 5.91 Å². The van der Waals surface area contributed by atoms with Gasteiger partial charge in [-0.15, -0.1) is 0 Å². The molecule has 1 N–H and O–H groups in total. The number of benzene rings is 1. The molecular formula is C14H16BrNO3. The van der Waals surface area contributed by atoms with Crippen LogP contribution >= 0.6 is 15.9 Å². The number of hydrogen-bond donors (Lipinski definition) is 1. The Morgan fingerprint density at radius 1 is 1.47 bits per heavy atom. The molecule has 1 heterocycles. The van der Waals surface area contributed by atoms with Crippen molar-refractivity contribution in [2.45, 2.75) is 38.7 Å². The average Bonchev–Trinajstić information content (AvgIpc) is 2.60. The minimum atomic E-state index is -1.18. The standard InChI is InChI=1S/C14H16BrNO3/c1-3-4-7-14(19-9(2)17)11-8-10(15)5-6-12(11)16-13(14)18/h5-6,8H,3-4,7H2,1-2H3,(H,16,18). The Bertz CT molecular complexity index is 529. The number of ether oxygens (including phenoxy) is 1. The number of carbonyl (C=O) groups excluding carboxylic acids is 2. The summed E-state index contributed by atoms with van der Waals surface area (Å²) in [5, 5.41) is 2.79. The number of nitrogens with one attached hydrogen (secondary N) is 1. The predicted molar refractivity (Wildman–Crippen MR) is 75.7 cm³/mol. The van der Waals surface area contributed by atoms with Crippen molar-refractivity contribution in [2.24, 2.45) is 0 Å². The summed E-state index contributed by atoms with van der Waals surface area (Å²) in [5.74, 6) is -0.705. The van der Waals surface area contributed by atoms with E-state index in [1.165, 1.54) is 6.92 Å². The average molecular weight is 326 g/mol. The fourth-order valence-electron chi connectivity index (χ4n) is 2.38. The number of unbranched alkanes of at least 4 members (excludes halogenated alkanes) is 1. The lowest BCUT2D eigenvalue weighted by atomic mass is 9.89. The van der Waals surface area contributed by atoms with Crippen LogP contribution in [-0.2, 0) is 19.9 Å². The van der Waals surface area contributed by atoms with Gasteiger partial charge in [-0.2, -0.15) is 0 Å². The van der Waals surface area contributed by atoms with Crippen LogP contribution in [0.5, 0.6) is 0 Å². The summed E-state index contributed by atoms with van der Waals surface area (Å²) >= 11 is 3.39. The van der Waals surface area contributed by atoms with E-state index in [0.717, 1.165) is 22.9 Å². The van der Waals surface area contributed by atoms with Crippen LogP contribution in [0.2, 0.25) is 0 Å². The molecule has 0 saturated heterocycles. The van der Waals surface area contributed by atoms with Crippen LogP contribution in [0.3, 0.4) is 0 Å². The maximum atomic E-state index is 12.3. The van der Waals surface area contributed by atoms with Gasteiger partial charge in [0.2, 0.25) is 5.60 Å². The zero-order valence-electron chi connectivity index (χ0n) is 11.0. The van der Waals surface area contributed by atoms with Crippen LogP contribution in [0.4, 0.5) is 5.69 Å². The Hall–Kier alpha value is -1.36. The Morgan fingerprint density at radius 3 is 2.84 bits per heavy atom. The van der Waals surface area contributed by atoms with Crippen LogP contribution in [-0.4, -0.2) is 11.9 Å². The quantitative estimate of drug-likeness (QED) is 0.863. The Morgan fingerprint density at radius 2 is 2.21 bits per heavy atom. The predicted octanol–water partition coefficient (Wildman–Crippen LogP) is 3.35. The van der Waals surface area contributed by atoms with E-state index in [2.05, 4.69) is 21.2 Å². The highest BCUT2D eigenvalue weighted by Crippen LogP contribution is 2.43. The van der Waals surface area contributed by atoms with Crippen molar-refractivity contribution in [1.29, 1.82) is 0 Å². The highest BCUT2D eigenvalue weighted by molar-refractivity contribution is 9.10. The van der Waals surface area contributed by atoms with Crippen molar-refractivity contribution in [2.75, 3.05) is 5.32 Å². The molecular weight excluding hydrogens is 310 g/mol. The van der Waals surface area contributed by atoms with Gasteiger partial charge in [-0.3, -0.25) is 9.59 Å². The maximum absolute atomic E-state index is 12.3. The van der Waals surface area contributed by atoms with Gasteiger partial charge in [0.05, 0.1) is 0 Å². The van der Waals surface area contributed by atoms with Crippen molar-refractivity contribution >= 4 is 33.5 Å². The molecule has 0 spiro atoms. The van der Waals surface area contributed by atoms with Gasteiger partial charge in [0.15, 0.2) is 0 Å². The highest BCUT2D eigenvalue weighted by atomic mass is 79.9. The largest absolute Gasteiger partial charge is 0.444 e. The SMILES string of the molecule is CCCCC1(OC(C)=O)C(=O)Nc2ccc(Br)cc21. The van der Waals surface area contributed by atoms with Gasteiger partial charge in [0.25, 0.3) is 5.91 Å². The summed E-state index contributed by atoms with van der Waals surface area (Å²) in [5.41, 5.74) is 0.266. The molecule has 0 fully saturated rings. The van der Waals surface area contributed by atoms with Crippen LogP contribution in [0.1, 0.15) is 38.7 Å². The summed E-state index contributed by atoms with van der Waals surface area (Å²) in [6.45, 7) is 3.37. The fourth-order valence-corrected chi connectivity index (χ4v) is 2.74. The molecule has 0 saturated carbocycles. The molecule has 0 aliphatic carbocycles. The van der Waals surface area contributed by atoms with Crippen LogP contribution in [0, 0.1) is 0 Å². The lowest BCUT2D eigenvalue weighted by Gasteiger charge is -2.27. The molecule has 102 valence electrons. The van der Waals surface area contributed by atoms with Crippen molar-refractivity contribution in [1.82, 2.24) is 0 Å². The molecule has 19 heavy (non-hydrogen) atoms. The number of halogens is 1. The lowest BCUT2D eigenvalue weighted by Crippen LogP contribution is -2.38. The molecule has 4 nitrogen and oxygen atoms in total. The minimum absolute atomic E-state index is 0.260. The third kappa shape index (κ3) is 2.52. The Labute approximate surface area is 120 Å². The van der Waals surface area contributed by atoms with E-state index in [1.54, 1.807) is 0 Å². The molecule has 2 rings (SSSR count). The van der Waals surface area contributed by atoms with Crippen molar-refractivity contribution in [3.8, 4) is 0 Å². The number of hydrogen-bond acceptors (Lipinski definition) is 3. The van der Waals surface area contributed by atoms with Gasteiger partial charge >= 0.3 is 5.97 Å². The number of carbonyl (C=O) groups is 2. The van der Waals surface area contributed by atoms with Crippen molar-refractivity contribution in [3.05, 3.63) is 28.2 Å². The molecule has 0 radical (unpaired) electrons. The van der Waals surface area contributed by atoms with Crippen molar-refractivity contribution in [3.63, 3.8) is 0 Å². The number of fused-ring (bicyclic) bond motifs is 1. The second-order valence-electron chi connectivity index (χ2n) is 4.67. The van der Waals surface area contributed by atoms with E-state index in [0.29, 0.717) is 12.1 Å². The second-order valence-corrected chi connectivity index (χ2v) is 5.58. The zero-order chi connectivity index (χ0) is 14.0. The molecule has 1 unspecified atom stereocenters. The number of amides is 1. The Balaban J connectivity index is 2.50. The lowest BCUT2D eigenvalue weighted by molar-refractivity contribution is -0.165. The molecule has 1 aromatic rings. The van der Waals surface area contributed by atoms with E-state index < -0.39 is 11.6 Å². The third-order valence-electron chi connectivity index (χ3n) is 3.23. The molecule has 1 aromatic carbocycles. The first-order valence-corrected chi connectivity index (χ1v) is 7.10. The topological polar surface area (TPSA) is 55.4 Å². The number of anilines is 1. The van der Waals surface area contributed by atoms with Gasteiger partial charge in [-0.05, 0) is 24.6 Å². The second kappa shape index (κ2) is 5.33. The smallest absolute Gasteiger partial charge is 0.304 e. The first kappa shape index (κ1) is 14.1. The molecule has 1 amide bonds. The summed E-state index contributed by atoms with van der Waals surface area (Å²) in [6, 6.07) is 5.50.